The molecule has 0 saturated carbocycles. The molecule has 2 heterocycles. The number of aryl methyl sites for hydroxylation is 1. The molecule has 1 aromatic rings. The SMILES string of the molecule is Cc1ccncc1C1(O)CCS(=O)(=O)C1. The van der Waals surface area contributed by atoms with Crippen molar-refractivity contribution in [3.8, 4) is 0 Å². The molecule has 5 heteroatoms. The molecule has 1 aliphatic heterocycles. The van der Waals surface area contributed by atoms with Crippen LogP contribution >= 0.6 is 0 Å². The van der Waals surface area contributed by atoms with Crippen molar-refractivity contribution in [1.82, 2.24) is 4.98 Å². The van der Waals surface area contributed by atoms with Gasteiger partial charge in [-0.25, -0.2) is 8.42 Å². The lowest BCUT2D eigenvalue weighted by molar-refractivity contribution is 0.0643. The summed E-state index contributed by atoms with van der Waals surface area (Å²) in [5.41, 5.74) is 0.271. The van der Waals surface area contributed by atoms with E-state index >= 15 is 0 Å². The highest BCUT2D eigenvalue weighted by Gasteiger charge is 2.42. The average molecular weight is 227 g/mol. The van der Waals surface area contributed by atoms with Crippen LogP contribution in [0.1, 0.15) is 17.5 Å². The molecule has 15 heavy (non-hydrogen) atoms. The van der Waals surface area contributed by atoms with Gasteiger partial charge in [0.25, 0.3) is 0 Å². The zero-order chi connectivity index (χ0) is 11.1. The summed E-state index contributed by atoms with van der Waals surface area (Å²) in [6.45, 7) is 1.85. The van der Waals surface area contributed by atoms with Gasteiger partial charge in [-0.3, -0.25) is 4.98 Å². The number of hydrogen-bond donors (Lipinski definition) is 1. The maximum Gasteiger partial charge on any atom is 0.153 e. The Kier molecular flexibility index (Phi) is 2.31. The van der Waals surface area contributed by atoms with Crippen molar-refractivity contribution in [2.75, 3.05) is 11.5 Å². The van der Waals surface area contributed by atoms with E-state index in [0.29, 0.717) is 5.56 Å². The first kappa shape index (κ1) is 10.6. The molecule has 2 rings (SSSR count). The Bertz CT molecular complexity index is 483. The van der Waals surface area contributed by atoms with Gasteiger partial charge in [0.15, 0.2) is 9.84 Å². The van der Waals surface area contributed by atoms with Gasteiger partial charge < -0.3 is 5.11 Å². The summed E-state index contributed by atoms with van der Waals surface area (Å²) in [6.07, 6.45) is 3.45. The van der Waals surface area contributed by atoms with Crippen molar-refractivity contribution in [1.29, 1.82) is 0 Å². The number of hydrogen-bond acceptors (Lipinski definition) is 4. The highest BCUT2D eigenvalue weighted by molar-refractivity contribution is 7.91. The number of pyridine rings is 1. The molecule has 1 unspecified atom stereocenters. The topological polar surface area (TPSA) is 67.3 Å². The largest absolute Gasteiger partial charge is 0.384 e. The summed E-state index contributed by atoms with van der Waals surface area (Å²) in [6, 6.07) is 1.78. The number of sulfone groups is 1. The zero-order valence-electron chi connectivity index (χ0n) is 8.47. The molecular weight excluding hydrogens is 214 g/mol. The minimum atomic E-state index is -3.10. The minimum absolute atomic E-state index is 0.0534. The summed E-state index contributed by atoms with van der Waals surface area (Å²) >= 11 is 0. The Morgan fingerprint density at radius 1 is 1.53 bits per heavy atom. The van der Waals surface area contributed by atoms with E-state index in [-0.39, 0.29) is 17.9 Å². The van der Waals surface area contributed by atoms with Gasteiger partial charge in [-0.05, 0) is 25.0 Å². The van der Waals surface area contributed by atoms with Crippen LogP contribution in [0.2, 0.25) is 0 Å². The predicted octanol–water partition coefficient (Wildman–Crippen LogP) is 0.396. The lowest BCUT2D eigenvalue weighted by Crippen LogP contribution is -2.28. The van der Waals surface area contributed by atoms with E-state index in [9.17, 15) is 13.5 Å². The van der Waals surface area contributed by atoms with Crippen molar-refractivity contribution in [3.05, 3.63) is 29.6 Å². The molecule has 1 N–H and O–H groups in total. The quantitative estimate of drug-likeness (QED) is 0.754. The van der Waals surface area contributed by atoms with E-state index in [1.54, 1.807) is 18.5 Å². The molecule has 0 aromatic carbocycles. The van der Waals surface area contributed by atoms with Crippen LogP contribution in [0.25, 0.3) is 0 Å². The first-order chi connectivity index (χ1) is 6.93. The molecule has 0 amide bonds. The first-order valence-corrected chi connectivity index (χ1v) is 6.59. The van der Waals surface area contributed by atoms with E-state index in [4.69, 9.17) is 0 Å². The molecule has 0 spiro atoms. The average Bonchev–Trinajstić information content (AvgIpc) is 2.42. The second-order valence-electron chi connectivity index (χ2n) is 4.06. The van der Waals surface area contributed by atoms with E-state index in [1.165, 1.54) is 0 Å². The maximum atomic E-state index is 11.4. The van der Waals surface area contributed by atoms with Crippen LogP contribution in [-0.2, 0) is 15.4 Å². The molecule has 0 aliphatic carbocycles. The summed E-state index contributed by atoms with van der Waals surface area (Å²) < 4.78 is 22.7. The van der Waals surface area contributed by atoms with Gasteiger partial charge in [0, 0.05) is 18.0 Å². The van der Waals surface area contributed by atoms with Crippen molar-refractivity contribution in [2.45, 2.75) is 18.9 Å². The fourth-order valence-corrected chi connectivity index (χ4v) is 3.82. The van der Waals surface area contributed by atoms with Gasteiger partial charge in [-0.2, -0.15) is 0 Å². The number of rotatable bonds is 1. The summed E-state index contributed by atoms with van der Waals surface area (Å²) in [7, 11) is -3.10. The first-order valence-electron chi connectivity index (χ1n) is 4.77. The van der Waals surface area contributed by atoms with Crippen molar-refractivity contribution >= 4 is 9.84 Å². The molecular formula is C10H13NO3S. The summed E-state index contributed by atoms with van der Waals surface area (Å²) in [5, 5.41) is 10.3. The van der Waals surface area contributed by atoms with Crippen molar-refractivity contribution in [2.24, 2.45) is 0 Å². The molecule has 1 aliphatic rings. The second kappa shape index (κ2) is 3.28. The third-order valence-corrected chi connectivity index (χ3v) is 4.57. The Balaban J connectivity index is 2.44. The van der Waals surface area contributed by atoms with Crippen LogP contribution in [0.3, 0.4) is 0 Å². The van der Waals surface area contributed by atoms with Crippen molar-refractivity contribution in [3.63, 3.8) is 0 Å². The number of aromatic nitrogens is 1. The molecule has 4 nitrogen and oxygen atoms in total. The third kappa shape index (κ3) is 1.89. The van der Waals surface area contributed by atoms with E-state index in [2.05, 4.69) is 4.98 Å². The molecule has 82 valence electrons. The van der Waals surface area contributed by atoms with Crippen LogP contribution in [-0.4, -0.2) is 30.0 Å². The zero-order valence-corrected chi connectivity index (χ0v) is 9.29. The van der Waals surface area contributed by atoms with Gasteiger partial charge in [0.05, 0.1) is 11.5 Å². The van der Waals surface area contributed by atoms with E-state index in [0.717, 1.165) is 5.56 Å². The van der Waals surface area contributed by atoms with Crippen LogP contribution < -0.4 is 0 Å². The van der Waals surface area contributed by atoms with E-state index < -0.39 is 15.4 Å². The molecule has 1 saturated heterocycles. The van der Waals surface area contributed by atoms with Crippen molar-refractivity contribution < 1.29 is 13.5 Å². The number of aliphatic hydroxyl groups is 1. The second-order valence-corrected chi connectivity index (χ2v) is 6.25. The van der Waals surface area contributed by atoms with Gasteiger partial charge in [-0.15, -0.1) is 0 Å². The highest BCUT2D eigenvalue weighted by atomic mass is 32.2. The van der Waals surface area contributed by atoms with Crippen LogP contribution in [0, 0.1) is 6.92 Å². The standard InChI is InChI=1S/C10H13NO3S/c1-8-2-4-11-6-9(8)10(12)3-5-15(13,14)7-10/h2,4,6,12H,3,5,7H2,1H3. The van der Waals surface area contributed by atoms with E-state index in [1.807, 2.05) is 6.92 Å². The van der Waals surface area contributed by atoms with Gasteiger partial charge >= 0.3 is 0 Å². The lowest BCUT2D eigenvalue weighted by Gasteiger charge is -2.22. The predicted molar refractivity (Wildman–Crippen MR) is 56.1 cm³/mol. The smallest absolute Gasteiger partial charge is 0.153 e. The van der Waals surface area contributed by atoms with Crippen LogP contribution in [0.15, 0.2) is 18.5 Å². The van der Waals surface area contributed by atoms with Gasteiger partial charge in [0.2, 0.25) is 0 Å². The fraction of sp³-hybridized carbons (Fsp3) is 0.500. The normalized spacial score (nSPS) is 29.2. The summed E-state index contributed by atoms with van der Waals surface area (Å²) in [4.78, 5) is 3.93. The van der Waals surface area contributed by atoms with Gasteiger partial charge in [0.1, 0.15) is 5.60 Å². The number of nitrogens with zero attached hydrogens (tertiary/aromatic N) is 1. The minimum Gasteiger partial charge on any atom is -0.384 e. The highest BCUT2D eigenvalue weighted by Crippen LogP contribution is 2.34. The van der Waals surface area contributed by atoms with Gasteiger partial charge in [-0.1, -0.05) is 0 Å². The Labute approximate surface area is 88.9 Å². The van der Waals surface area contributed by atoms with Crippen LogP contribution in [0.5, 0.6) is 0 Å². The maximum absolute atomic E-state index is 11.4. The molecule has 0 radical (unpaired) electrons. The Hall–Kier alpha value is -0.940. The molecule has 1 aromatic heterocycles. The lowest BCUT2D eigenvalue weighted by atomic mass is 9.91. The molecule has 1 fully saturated rings. The molecule has 1 atom stereocenters. The summed E-state index contributed by atoms with van der Waals surface area (Å²) in [5.74, 6) is -0.135. The monoisotopic (exact) mass is 227 g/mol. The Morgan fingerprint density at radius 2 is 2.27 bits per heavy atom. The van der Waals surface area contributed by atoms with Crippen LogP contribution in [0.4, 0.5) is 0 Å². The Morgan fingerprint density at radius 3 is 2.80 bits per heavy atom. The third-order valence-electron chi connectivity index (χ3n) is 2.83. The fourth-order valence-electron chi connectivity index (χ4n) is 2.00. The molecule has 0 bridgehead atoms.